The van der Waals surface area contributed by atoms with E-state index in [9.17, 15) is 0 Å². The highest BCUT2D eigenvalue weighted by Gasteiger charge is 1.94. The molecule has 4 nitrogen and oxygen atoms in total. The van der Waals surface area contributed by atoms with Gasteiger partial charge in [-0.2, -0.15) is 5.10 Å². The molecule has 0 unspecified atom stereocenters. The number of rotatable bonds is 3. The zero-order chi connectivity index (χ0) is 8.81. The van der Waals surface area contributed by atoms with Crippen molar-refractivity contribution in [2.75, 3.05) is 6.54 Å². The van der Waals surface area contributed by atoms with E-state index in [-0.39, 0.29) is 0 Å². The highest BCUT2D eigenvalue weighted by atomic mass is 32.1. The number of nitrogens with one attached hydrogen (secondary N) is 3. The fraction of sp³-hybridized carbons (Fsp3) is 0.429. The lowest BCUT2D eigenvalue weighted by Gasteiger charge is -2.06. The van der Waals surface area contributed by atoms with Gasteiger partial charge in [-0.3, -0.25) is 5.10 Å². The number of nitrogens with zero attached hydrogens (tertiary/aromatic N) is 1. The summed E-state index contributed by atoms with van der Waals surface area (Å²) in [6.07, 6.45) is 3.60. The summed E-state index contributed by atoms with van der Waals surface area (Å²) in [6, 6.07) is 0. The topological polar surface area (TPSA) is 52.7 Å². The first-order valence-corrected chi connectivity index (χ1v) is 4.23. The molecule has 5 heteroatoms. The fourth-order valence-corrected chi connectivity index (χ4v) is 0.996. The molecule has 0 aliphatic heterocycles. The van der Waals surface area contributed by atoms with Crippen LogP contribution in [-0.4, -0.2) is 21.9 Å². The van der Waals surface area contributed by atoms with E-state index in [2.05, 4.69) is 20.8 Å². The van der Waals surface area contributed by atoms with Crippen molar-refractivity contribution >= 4 is 17.3 Å². The van der Waals surface area contributed by atoms with E-state index in [1.165, 1.54) is 0 Å². The monoisotopic (exact) mass is 184 g/mol. The minimum absolute atomic E-state index is 0.679. The molecule has 0 fully saturated rings. The lowest BCUT2D eigenvalue weighted by atomic mass is 10.4. The summed E-state index contributed by atoms with van der Waals surface area (Å²) in [5.41, 5.74) is 1.09. The van der Waals surface area contributed by atoms with Gasteiger partial charge in [0.05, 0.1) is 6.20 Å². The third-order valence-electron chi connectivity index (χ3n) is 1.35. The highest BCUT2D eigenvalue weighted by molar-refractivity contribution is 7.80. The second-order valence-corrected chi connectivity index (χ2v) is 2.73. The van der Waals surface area contributed by atoms with Crippen LogP contribution in [0.1, 0.15) is 12.5 Å². The molecule has 0 amide bonds. The number of hydrogen-bond donors (Lipinski definition) is 3. The Bertz CT molecular complexity index is 232. The lowest BCUT2D eigenvalue weighted by Crippen LogP contribution is -2.34. The Morgan fingerprint density at radius 3 is 3.08 bits per heavy atom. The van der Waals surface area contributed by atoms with E-state index in [0.29, 0.717) is 11.7 Å². The fourth-order valence-electron chi connectivity index (χ4n) is 0.780. The Labute approximate surface area is 76.7 Å². The Hall–Kier alpha value is -1.10. The molecular formula is C7H12N4S. The van der Waals surface area contributed by atoms with Crippen molar-refractivity contribution in [2.45, 2.75) is 13.5 Å². The number of H-pyrrole nitrogens is 1. The van der Waals surface area contributed by atoms with Crippen LogP contribution in [0.15, 0.2) is 12.4 Å². The number of hydrogen-bond acceptors (Lipinski definition) is 2. The molecule has 0 atom stereocenters. The smallest absolute Gasteiger partial charge is 0.166 e. The van der Waals surface area contributed by atoms with Gasteiger partial charge < -0.3 is 10.6 Å². The maximum absolute atomic E-state index is 4.97. The Balaban J connectivity index is 2.22. The van der Waals surface area contributed by atoms with Gasteiger partial charge in [0, 0.05) is 24.8 Å². The third kappa shape index (κ3) is 2.87. The van der Waals surface area contributed by atoms with Crippen LogP contribution in [0.5, 0.6) is 0 Å². The first-order valence-electron chi connectivity index (χ1n) is 3.82. The molecule has 12 heavy (non-hydrogen) atoms. The predicted octanol–water partition coefficient (Wildman–Crippen LogP) is 0.394. The second kappa shape index (κ2) is 4.71. The molecular weight excluding hydrogens is 172 g/mol. The first-order chi connectivity index (χ1) is 5.83. The van der Waals surface area contributed by atoms with Gasteiger partial charge in [-0.25, -0.2) is 0 Å². The van der Waals surface area contributed by atoms with Gasteiger partial charge in [-0.15, -0.1) is 0 Å². The van der Waals surface area contributed by atoms with E-state index in [1.54, 1.807) is 6.20 Å². The molecule has 0 aromatic carbocycles. The molecule has 0 aliphatic rings. The van der Waals surface area contributed by atoms with Crippen LogP contribution in [0.2, 0.25) is 0 Å². The second-order valence-electron chi connectivity index (χ2n) is 2.32. The lowest BCUT2D eigenvalue weighted by molar-refractivity contribution is 0.855. The van der Waals surface area contributed by atoms with E-state index in [1.807, 2.05) is 13.1 Å². The average Bonchev–Trinajstić information content (AvgIpc) is 2.53. The molecule has 1 aromatic rings. The van der Waals surface area contributed by atoms with Gasteiger partial charge >= 0.3 is 0 Å². The van der Waals surface area contributed by atoms with E-state index in [0.717, 1.165) is 12.1 Å². The molecule has 1 heterocycles. The van der Waals surface area contributed by atoms with Crippen LogP contribution in [0.4, 0.5) is 0 Å². The molecule has 0 bridgehead atoms. The predicted molar refractivity (Wildman–Crippen MR) is 51.7 cm³/mol. The number of aromatic nitrogens is 2. The first kappa shape index (κ1) is 8.99. The summed E-state index contributed by atoms with van der Waals surface area (Å²) in [5, 5.41) is 13.3. The van der Waals surface area contributed by atoms with Crippen LogP contribution < -0.4 is 10.6 Å². The summed E-state index contributed by atoms with van der Waals surface area (Å²) in [7, 11) is 0. The third-order valence-corrected chi connectivity index (χ3v) is 1.63. The maximum atomic E-state index is 4.97. The van der Waals surface area contributed by atoms with Crippen molar-refractivity contribution in [1.29, 1.82) is 0 Å². The number of aromatic amines is 1. The normalized spacial score (nSPS) is 9.42. The maximum Gasteiger partial charge on any atom is 0.166 e. The van der Waals surface area contributed by atoms with Gasteiger partial charge in [-0.1, -0.05) is 0 Å². The van der Waals surface area contributed by atoms with Crippen LogP contribution in [0, 0.1) is 0 Å². The summed E-state index contributed by atoms with van der Waals surface area (Å²) in [5.74, 6) is 0. The molecule has 1 rings (SSSR count). The quantitative estimate of drug-likeness (QED) is 0.595. The van der Waals surface area contributed by atoms with Gasteiger partial charge in [0.25, 0.3) is 0 Å². The number of thiocarbonyl (C=S) groups is 1. The van der Waals surface area contributed by atoms with Crippen molar-refractivity contribution in [1.82, 2.24) is 20.8 Å². The van der Waals surface area contributed by atoms with Crippen LogP contribution >= 0.6 is 12.2 Å². The Morgan fingerprint density at radius 1 is 1.67 bits per heavy atom. The Morgan fingerprint density at radius 2 is 2.50 bits per heavy atom. The van der Waals surface area contributed by atoms with E-state index >= 15 is 0 Å². The van der Waals surface area contributed by atoms with E-state index < -0.39 is 0 Å². The highest BCUT2D eigenvalue weighted by Crippen LogP contribution is 1.91. The molecule has 1 aromatic heterocycles. The Kier molecular flexibility index (Phi) is 3.53. The minimum atomic E-state index is 0.679. The molecule has 0 saturated carbocycles. The molecule has 0 radical (unpaired) electrons. The summed E-state index contributed by atoms with van der Waals surface area (Å²) >= 11 is 4.97. The molecule has 3 N–H and O–H groups in total. The molecule has 0 aliphatic carbocycles. The summed E-state index contributed by atoms with van der Waals surface area (Å²) in [6.45, 7) is 3.56. The molecule has 66 valence electrons. The van der Waals surface area contributed by atoms with E-state index in [4.69, 9.17) is 12.2 Å². The van der Waals surface area contributed by atoms with Crippen molar-refractivity contribution in [3.63, 3.8) is 0 Å². The zero-order valence-corrected chi connectivity index (χ0v) is 7.74. The summed E-state index contributed by atoms with van der Waals surface area (Å²) < 4.78 is 0. The van der Waals surface area contributed by atoms with Gasteiger partial charge in [-0.05, 0) is 19.1 Å². The van der Waals surface area contributed by atoms with Gasteiger partial charge in [0.15, 0.2) is 5.11 Å². The minimum Gasteiger partial charge on any atom is -0.363 e. The average molecular weight is 184 g/mol. The van der Waals surface area contributed by atoms with Crippen LogP contribution in [-0.2, 0) is 6.54 Å². The molecule has 0 spiro atoms. The van der Waals surface area contributed by atoms with Crippen molar-refractivity contribution in [3.8, 4) is 0 Å². The largest absolute Gasteiger partial charge is 0.363 e. The SMILES string of the molecule is CCNC(=S)NCc1cn[nH]c1. The van der Waals surface area contributed by atoms with Gasteiger partial charge in [0.2, 0.25) is 0 Å². The standard InChI is InChI=1S/C7H12N4S/c1-2-8-7(12)9-3-6-4-10-11-5-6/h4-5H,2-3H2,1H3,(H,10,11)(H2,8,9,12). The summed E-state index contributed by atoms with van der Waals surface area (Å²) in [4.78, 5) is 0. The van der Waals surface area contributed by atoms with Crippen molar-refractivity contribution in [3.05, 3.63) is 18.0 Å². The van der Waals surface area contributed by atoms with Gasteiger partial charge in [0.1, 0.15) is 0 Å². The van der Waals surface area contributed by atoms with Crippen LogP contribution in [0.3, 0.4) is 0 Å². The zero-order valence-electron chi connectivity index (χ0n) is 6.92. The molecule has 0 saturated heterocycles. The van der Waals surface area contributed by atoms with Crippen molar-refractivity contribution < 1.29 is 0 Å². The van der Waals surface area contributed by atoms with Crippen molar-refractivity contribution in [2.24, 2.45) is 0 Å². The van der Waals surface area contributed by atoms with Crippen LogP contribution in [0.25, 0.3) is 0 Å².